The molecule has 0 saturated heterocycles. The number of hydrogen-bond acceptors (Lipinski definition) is 5. The number of alkyl halides is 3. The number of nitrogens with zero attached hydrogens (tertiary/aromatic N) is 2. The van der Waals surface area contributed by atoms with Gasteiger partial charge in [-0.15, -0.1) is 10.2 Å². The number of carbonyl (C=O) groups is 1. The molecule has 0 atom stereocenters. The highest BCUT2D eigenvalue weighted by atomic mass is 32.2. The Balaban J connectivity index is 1.71. The highest BCUT2D eigenvalue weighted by Gasteiger charge is 2.28. The second-order valence-electron chi connectivity index (χ2n) is 3.86. The molecule has 1 N–H and O–H groups in total. The molecule has 1 heterocycles. The number of carbonyl (C=O) groups excluding carboxylic acids is 1. The van der Waals surface area contributed by atoms with E-state index in [2.05, 4.69) is 10.2 Å². The van der Waals surface area contributed by atoms with E-state index >= 15 is 0 Å². The summed E-state index contributed by atoms with van der Waals surface area (Å²) in [7, 11) is 0. The Bertz CT molecular complexity index is 431. The van der Waals surface area contributed by atoms with E-state index in [-0.39, 0.29) is 5.75 Å². The minimum Gasteiger partial charge on any atom is -0.346 e. The van der Waals surface area contributed by atoms with Crippen molar-refractivity contribution in [2.24, 2.45) is 0 Å². The largest absolute Gasteiger partial charge is 0.405 e. The van der Waals surface area contributed by atoms with Crippen LogP contribution in [0.3, 0.4) is 0 Å². The van der Waals surface area contributed by atoms with Crippen molar-refractivity contribution in [2.75, 3.05) is 12.3 Å². The molecule has 4 nitrogen and oxygen atoms in total. The van der Waals surface area contributed by atoms with Gasteiger partial charge in [-0.1, -0.05) is 23.1 Å². The van der Waals surface area contributed by atoms with Crippen LogP contribution in [0.1, 0.15) is 23.8 Å². The first kappa shape index (κ1) is 13.6. The molecule has 0 aromatic carbocycles. The molecule has 0 spiro atoms. The molecule has 1 fully saturated rings. The number of aromatic nitrogens is 2. The van der Waals surface area contributed by atoms with E-state index in [1.54, 1.807) is 5.32 Å². The first-order valence-corrected chi connectivity index (χ1v) is 7.04. The number of nitrogens with one attached hydrogen (secondary N) is 1. The van der Waals surface area contributed by atoms with Gasteiger partial charge in [0.25, 0.3) is 0 Å². The van der Waals surface area contributed by atoms with Crippen LogP contribution < -0.4 is 5.32 Å². The van der Waals surface area contributed by atoms with Crippen molar-refractivity contribution in [1.29, 1.82) is 0 Å². The monoisotopic (exact) mass is 297 g/mol. The van der Waals surface area contributed by atoms with Crippen LogP contribution in [0.15, 0.2) is 4.34 Å². The highest BCUT2D eigenvalue weighted by molar-refractivity contribution is 8.01. The maximum Gasteiger partial charge on any atom is 0.405 e. The minimum atomic E-state index is -4.37. The molecule has 100 valence electrons. The molecular formula is C9H10F3N3OS2. The standard InChI is InChI=1S/C9H10F3N3OS2/c10-9(11,12)4-13-6(16)3-17-8-15-14-7(18-8)5-1-2-5/h5H,1-4H2,(H,13,16). The quantitative estimate of drug-likeness (QED) is 0.846. The fourth-order valence-corrected chi connectivity index (χ4v) is 3.02. The molecule has 9 heteroatoms. The van der Waals surface area contributed by atoms with E-state index in [0.717, 1.165) is 29.6 Å². The minimum absolute atomic E-state index is 0.0740. The summed E-state index contributed by atoms with van der Waals surface area (Å²) in [6.07, 6.45) is -2.14. The first-order valence-electron chi connectivity index (χ1n) is 5.24. The molecular weight excluding hydrogens is 287 g/mol. The Kier molecular flexibility index (Phi) is 4.10. The van der Waals surface area contributed by atoms with Gasteiger partial charge < -0.3 is 5.32 Å². The zero-order valence-electron chi connectivity index (χ0n) is 9.16. The van der Waals surface area contributed by atoms with Crippen LogP contribution in [0.25, 0.3) is 0 Å². The molecule has 0 aliphatic heterocycles. The third kappa shape index (κ3) is 4.45. The van der Waals surface area contributed by atoms with Gasteiger partial charge in [0, 0.05) is 5.92 Å². The van der Waals surface area contributed by atoms with Crippen LogP contribution in [0.4, 0.5) is 13.2 Å². The second kappa shape index (κ2) is 5.43. The maximum absolute atomic E-state index is 11.8. The first-order chi connectivity index (χ1) is 8.44. The molecule has 1 aliphatic rings. The number of thioether (sulfide) groups is 1. The zero-order chi connectivity index (χ0) is 13.2. The summed E-state index contributed by atoms with van der Waals surface area (Å²) < 4.78 is 36.1. The smallest absolute Gasteiger partial charge is 0.346 e. The van der Waals surface area contributed by atoms with Crippen LogP contribution >= 0.6 is 23.1 Å². The molecule has 2 rings (SSSR count). The third-order valence-electron chi connectivity index (χ3n) is 2.16. The van der Waals surface area contributed by atoms with E-state index in [1.165, 1.54) is 11.3 Å². The Morgan fingerprint density at radius 2 is 2.17 bits per heavy atom. The van der Waals surface area contributed by atoms with Crippen molar-refractivity contribution >= 4 is 29.0 Å². The maximum atomic E-state index is 11.8. The lowest BCUT2D eigenvalue weighted by Crippen LogP contribution is -2.34. The van der Waals surface area contributed by atoms with E-state index in [4.69, 9.17) is 0 Å². The van der Waals surface area contributed by atoms with Gasteiger partial charge in [0.15, 0.2) is 4.34 Å². The van der Waals surface area contributed by atoms with E-state index < -0.39 is 18.6 Å². The summed E-state index contributed by atoms with van der Waals surface area (Å²) in [4.78, 5) is 11.1. The van der Waals surface area contributed by atoms with Gasteiger partial charge in [0.1, 0.15) is 11.6 Å². The average Bonchev–Trinajstić information content (AvgIpc) is 3.03. The van der Waals surface area contributed by atoms with Gasteiger partial charge in [-0.3, -0.25) is 4.79 Å². The molecule has 18 heavy (non-hydrogen) atoms. The number of halogens is 3. The number of rotatable bonds is 5. The molecule has 1 aliphatic carbocycles. The predicted molar refractivity (Wildman–Crippen MR) is 61.7 cm³/mol. The van der Waals surface area contributed by atoms with Crippen LogP contribution in [-0.4, -0.2) is 34.6 Å². The van der Waals surface area contributed by atoms with E-state index in [1.807, 2.05) is 0 Å². The van der Waals surface area contributed by atoms with E-state index in [9.17, 15) is 18.0 Å². The Morgan fingerprint density at radius 1 is 1.44 bits per heavy atom. The Labute approximate surface area is 109 Å². The topological polar surface area (TPSA) is 54.9 Å². The summed E-state index contributed by atoms with van der Waals surface area (Å²) in [5, 5.41) is 10.6. The van der Waals surface area contributed by atoms with Crippen molar-refractivity contribution in [2.45, 2.75) is 29.3 Å². The van der Waals surface area contributed by atoms with Crippen LogP contribution in [0.2, 0.25) is 0 Å². The van der Waals surface area contributed by atoms with Gasteiger partial charge in [0.2, 0.25) is 5.91 Å². The lowest BCUT2D eigenvalue weighted by atomic mass is 10.5. The normalized spacial score (nSPS) is 15.7. The van der Waals surface area contributed by atoms with Crippen molar-refractivity contribution in [1.82, 2.24) is 15.5 Å². The van der Waals surface area contributed by atoms with Crippen LogP contribution in [0.5, 0.6) is 0 Å². The molecule has 1 aromatic rings. The van der Waals surface area contributed by atoms with Gasteiger partial charge in [-0.25, -0.2) is 0 Å². The van der Waals surface area contributed by atoms with Gasteiger partial charge >= 0.3 is 6.18 Å². The summed E-state index contributed by atoms with van der Waals surface area (Å²) in [6, 6.07) is 0. The molecule has 0 unspecified atom stereocenters. The van der Waals surface area contributed by atoms with Crippen molar-refractivity contribution in [3.05, 3.63) is 5.01 Å². The fourth-order valence-electron chi connectivity index (χ4n) is 1.15. The van der Waals surface area contributed by atoms with Crippen molar-refractivity contribution < 1.29 is 18.0 Å². The summed E-state index contributed by atoms with van der Waals surface area (Å²) in [5.74, 6) is -0.230. The van der Waals surface area contributed by atoms with Crippen LogP contribution in [-0.2, 0) is 4.79 Å². The predicted octanol–water partition coefficient (Wildman–Crippen LogP) is 2.19. The SMILES string of the molecule is O=C(CSc1nnc(C2CC2)s1)NCC(F)(F)F. The van der Waals surface area contributed by atoms with Gasteiger partial charge in [-0.05, 0) is 12.8 Å². The fraction of sp³-hybridized carbons (Fsp3) is 0.667. The molecule has 0 radical (unpaired) electrons. The number of amides is 1. The zero-order valence-corrected chi connectivity index (χ0v) is 10.8. The average molecular weight is 297 g/mol. The molecule has 1 aromatic heterocycles. The van der Waals surface area contributed by atoms with Gasteiger partial charge in [0.05, 0.1) is 5.75 Å². The summed E-state index contributed by atoms with van der Waals surface area (Å²) in [5.41, 5.74) is 0. The third-order valence-corrected chi connectivity index (χ3v) is 4.38. The summed E-state index contributed by atoms with van der Waals surface area (Å²) in [6.45, 7) is -1.30. The molecule has 0 bridgehead atoms. The number of hydrogen-bond donors (Lipinski definition) is 1. The van der Waals surface area contributed by atoms with Crippen molar-refractivity contribution in [3.63, 3.8) is 0 Å². The van der Waals surface area contributed by atoms with Gasteiger partial charge in [-0.2, -0.15) is 13.2 Å². The Morgan fingerprint density at radius 3 is 2.78 bits per heavy atom. The lowest BCUT2D eigenvalue weighted by Gasteiger charge is -2.07. The van der Waals surface area contributed by atoms with E-state index in [0.29, 0.717) is 10.3 Å². The van der Waals surface area contributed by atoms with Crippen molar-refractivity contribution in [3.8, 4) is 0 Å². The highest BCUT2D eigenvalue weighted by Crippen LogP contribution is 2.42. The Hall–Kier alpha value is -0.830. The molecule has 1 saturated carbocycles. The second-order valence-corrected chi connectivity index (χ2v) is 6.09. The van der Waals surface area contributed by atoms with Crippen LogP contribution in [0, 0.1) is 0 Å². The summed E-state index contributed by atoms with van der Waals surface area (Å²) >= 11 is 2.52. The lowest BCUT2D eigenvalue weighted by molar-refractivity contribution is -0.136. The molecule has 1 amide bonds.